The molecule has 0 amide bonds. The molecule has 0 aromatic carbocycles. The summed E-state index contributed by atoms with van der Waals surface area (Å²) in [5.41, 5.74) is 0. The van der Waals surface area contributed by atoms with E-state index in [1.165, 1.54) is 0 Å². The highest BCUT2D eigenvalue weighted by atomic mass is 79.9. The lowest BCUT2D eigenvalue weighted by Gasteiger charge is -2.21. The molecule has 0 spiro atoms. The first kappa shape index (κ1) is 10.4. The van der Waals surface area contributed by atoms with Crippen molar-refractivity contribution < 1.29 is 9.47 Å². The van der Waals surface area contributed by atoms with Crippen LogP contribution in [0.3, 0.4) is 0 Å². The van der Waals surface area contributed by atoms with Gasteiger partial charge in [0.15, 0.2) is 6.29 Å². The largest absolute Gasteiger partial charge is 0.352 e. The third-order valence-corrected chi connectivity index (χ3v) is 5.14. The SMILES string of the molecule is CC(C)C1OCC2C(CO1)C2(Br)Br. The van der Waals surface area contributed by atoms with Crippen LogP contribution in [0.15, 0.2) is 0 Å². The van der Waals surface area contributed by atoms with Crippen LogP contribution in [0, 0.1) is 17.8 Å². The average molecular weight is 314 g/mol. The smallest absolute Gasteiger partial charge is 0.159 e. The number of halogens is 2. The van der Waals surface area contributed by atoms with E-state index in [1.54, 1.807) is 0 Å². The Balaban J connectivity index is 1.92. The topological polar surface area (TPSA) is 18.5 Å². The van der Waals surface area contributed by atoms with Crippen molar-refractivity contribution in [2.24, 2.45) is 17.8 Å². The van der Waals surface area contributed by atoms with Crippen molar-refractivity contribution >= 4 is 31.9 Å². The molecule has 0 radical (unpaired) electrons. The maximum atomic E-state index is 5.67. The van der Waals surface area contributed by atoms with Crippen LogP contribution in [-0.2, 0) is 9.47 Å². The van der Waals surface area contributed by atoms with Gasteiger partial charge in [-0.05, 0) is 0 Å². The molecule has 76 valence electrons. The van der Waals surface area contributed by atoms with Gasteiger partial charge in [-0.2, -0.15) is 0 Å². The van der Waals surface area contributed by atoms with E-state index in [9.17, 15) is 0 Å². The Labute approximate surface area is 95.6 Å². The van der Waals surface area contributed by atoms with Crippen molar-refractivity contribution in [3.05, 3.63) is 0 Å². The van der Waals surface area contributed by atoms with Crippen molar-refractivity contribution in [3.63, 3.8) is 0 Å². The van der Waals surface area contributed by atoms with Gasteiger partial charge < -0.3 is 9.47 Å². The molecule has 2 rings (SSSR count). The van der Waals surface area contributed by atoms with Gasteiger partial charge in [-0.15, -0.1) is 0 Å². The fourth-order valence-corrected chi connectivity index (χ4v) is 3.29. The minimum absolute atomic E-state index is 0.0106. The van der Waals surface area contributed by atoms with E-state index >= 15 is 0 Å². The van der Waals surface area contributed by atoms with Gasteiger partial charge in [0, 0.05) is 17.8 Å². The minimum atomic E-state index is -0.0106. The minimum Gasteiger partial charge on any atom is -0.352 e. The summed E-state index contributed by atoms with van der Waals surface area (Å²) in [6.07, 6.45) is -0.0106. The molecule has 2 aliphatic rings. The van der Waals surface area contributed by atoms with Gasteiger partial charge in [-0.1, -0.05) is 45.7 Å². The van der Waals surface area contributed by atoms with E-state index < -0.39 is 0 Å². The maximum Gasteiger partial charge on any atom is 0.159 e. The molecule has 0 aromatic heterocycles. The molecule has 1 saturated carbocycles. The van der Waals surface area contributed by atoms with E-state index in [0.29, 0.717) is 17.8 Å². The molecule has 0 bridgehead atoms. The normalized spacial score (nSPS) is 42.7. The van der Waals surface area contributed by atoms with Crippen LogP contribution in [0.2, 0.25) is 0 Å². The highest BCUT2D eigenvalue weighted by Crippen LogP contribution is 2.62. The van der Waals surface area contributed by atoms with Crippen molar-refractivity contribution in [3.8, 4) is 0 Å². The second-order valence-corrected chi connectivity index (χ2v) is 7.86. The molecule has 2 atom stereocenters. The van der Waals surface area contributed by atoms with E-state index in [2.05, 4.69) is 45.7 Å². The number of hydrogen-bond acceptors (Lipinski definition) is 2. The standard InChI is InChI=1S/C9H14Br2O2/c1-5(2)8-12-3-6-7(4-13-8)9(6,10)11/h5-8H,3-4H2,1-2H3. The molecule has 1 heterocycles. The maximum absolute atomic E-state index is 5.67. The first-order valence-corrected chi connectivity index (χ1v) is 6.23. The third-order valence-electron chi connectivity index (χ3n) is 2.79. The van der Waals surface area contributed by atoms with Gasteiger partial charge in [0.25, 0.3) is 0 Å². The lowest BCUT2D eigenvalue weighted by atomic mass is 10.2. The van der Waals surface area contributed by atoms with Gasteiger partial charge in [0.2, 0.25) is 0 Å². The molecule has 2 unspecified atom stereocenters. The number of rotatable bonds is 1. The molecule has 13 heavy (non-hydrogen) atoms. The predicted molar refractivity (Wildman–Crippen MR) is 58.1 cm³/mol. The van der Waals surface area contributed by atoms with Crippen LogP contribution in [0.5, 0.6) is 0 Å². The second kappa shape index (κ2) is 3.47. The van der Waals surface area contributed by atoms with E-state index in [1.807, 2.05) is 0 Å². The molecular formula is C9H14Br2O2. The van der Waals surface area contributed by atoms with Gasteiger partial charge in [0.1, 0.15) is 0 Å². The summed E-state index contributed by atoms with van der Waals surface area (Å²) < 4.78 is 11.4. The summed E-state index contributed by atoms with van der Waals surface area (Å²) in [7, 11) is 0. The molecule has 2 nitrogen and oxygen atoms in total. The number of fused-ring (bicyclic) bond motifs is 1. The van der Waals surface area contributed by atoms with Crippen molar-refractivity contribution in [2.45, 2.75) is 23.4 Å². The lowest BCUT2D eigenvalue weighted by Crippen LogP contribution is -2.24. The Hall–Kier alpha value is 0.880. The van der Waals surface area contributed by atoms with Crippen molar-refractivity contribution in [1.82, 2.24) is 0 Å². The molecule has 1 aliphatic heterocycles. The number of ether oxygens (including phenoxy) is 2. The zero-order valence-electron chi connectivity index (χ0n) is 7.80. The van der Waals surface area contributed by atoms with Crippen LogP contribution in [0.25, 0.3) is 0 Å². The lowest BCUT2D eigenvalue weighted by molar-refractivity contribution is -0.157. The van der Waals surface area contributed by atoms with E-state index in [-0.39, 0.29) is 9.52 Å². The van der Waals surface area contributed by atoms with E-state index in [4.69, 9.17) is 9.47 Å². The van der Waals surface area contributed by atoms with Crippen molar-refractivity contribution in [1.29, 1.82) is 0 Å². The summed E-state index contributed by atoms with van der Waals surface area (Å²) >= 11 is 7.26. The number of hydrogen-bond donors (Lipinski definition) is 0. The average Bonchev–Trinajstić information content (AvgIpc) is 2.63. The second-order valence-electron chi connectivity index (χ2n) is 4.17. The Morgan fingerprint density at radius 2 is 1.62 bits per heavy atom. The molecule has 1 aliphatic carbocycles. The van der Waals surface area contributed by atoms with E-state index in [0.717, 1.165) is 13.2 Å². The molecule has 2 fully saturated rings. The Kier molecular flexibility index (Phi) is 2.78. The van der Waals surface area contributed by atoms with Gasteiger partial charge in [-0.3, -0.25) is 0 Å². The zero-order valence-corrected chi connectivity index (χ0v) is 11.0. The van der Waals surface area contributed by atoms with Gasteiger partial charge >= 0.3 is 0 Å². The molecule has 0 aromatic rings. The van der Waals surface area contributed by atoms with Gasteiger partial charge in [-0.25, -0.2) is 0 Å². The Bertz CT molecular complexity index is 186. The van der Waals surface area contributed by atoms with Crippen LogP contribution in [-0.4, -0.2) is 22.7 Å². The summed E-state index contributed by atoms with van der Waals surface area (Å²) in [5.74, 6) is 1.57. The third kappa shape index (κ3) is 1.83. The van der Waals surface area contributed by atoms with Crippen LogP contribution >= 0.6 is 31.9 Å². The van der Waals surface area contributed by atoms with Gasteiger partial charge in [0.05, 0.1) is 16.4 Å². The van der Waals surface area contributed by atoms with Crippen molar-refractivity contribution in [2.75, 3.05) is 13.2 Å². The Morgan fingerprint density at radius 3 is 2.00 bits per heavy atom. The van der Waals surface area contributed by atoms with Crippen LogP contribution < -0.4 is 0 Å². The molecule has 4 heteroatoms. The fraction of sp³-hybridized carbons (Fsp3) is 1.00. The first-order chi connectivity index (χ1) is 6.03. The summed E-state index contributed by atoms with van der Waals surface area (Å²) in [6.45, 7) is 5.84. The molecule has 1 saturated heterocycles. The predicted octanol–water partition coefficient (Wildman–Crippen LogP) is 2.75. The number of alkyl halides is 2. The fourth-order valence-electron chi connectivity index (χ4n) is 1.75. The molecule has 0 N–H and O–H groups in total. The monoisotopic (exact) mass is 312 g/mol. The summed E-state index contributed by atoms with van der Waals surface area (Å²) in [5, 5.41) is 0. The highest BCUT2D eigenvalue weighted by molar-refractivity contribution is 9.25. The zero-order chi connectivity index (χ0) is 9.64. The highest BCUT2D eigenvalue weighted by Gasteiger charge is 2.63. The Morgan fingerprint density at radius 1 is 1.15 bits per heavy atom. The summed E-state index contributed by atoms with van der Waals surface area (Å²) in [6, 6.07) is 0. The molecular weight excluding hydrogens is 300 g/mol. The first-order valence-electron chi connectivity index (χ1n) is 4.64. The van der Waals surface area contributed by atoms with Crippen LogP contribution in [0.4, 0.5) is 0 Å². The summed E-state index contributed by atoms with van der Waals surface area (Å²) in [4.78, 5) is 0. The quantitative estimate of drug-likeness (QED) is 0.693. The van der Waals surface area contributed by atoms with Crippen LogP contribution in [0.1, 0.15) is 13.8 Å².